The quantitative estimate of drug-likeness (QED) is 0.532. The lowest BCUT2D eigenvalue weighted by Gasteiger charge is -2.38. The van der Waals surface area contributed by atoms with Gasteiger partial charge in [-0.05, 0) is 25.3 Å². The molecule has 1 aliphatic heterocycles. The minimum atomic E-state index is -1.48. The average molecular weight is 477 g/mol. The number of aliphatic carboxylic acids is 2. The second-order valence-corrected chi connectivity index (χ2v) is 8.23. The number of carboxylic acids is 3. The molecule has 12 heteroatoms. The number of aromatic nitrogens is 1. The van der Waals surface area contributed by atoms with Crippen molar-refractivity contribution in [1.29, 1.82) is 0 Å². The fourth-order valence-corrected chi connectivity index (χ4v) is 4.40. The number of hydrogen-bond acceptors (Lipinski definition) is 6. The van der Waals surface area contributed by atoms with E-state index in [-0.39, 0.29) is 43.1 Å². The van der Waals surface area contributed by atoms with E-state index in [0.29, 0.717) is 18.9 Å². The van der Waals surface area contributed by atoms with Crippen LogP contribution in [0.25, 0.3) is 10.9 Å². The Labute approximate surface area is 190 Å². The van der Waals surface area contributed by atoms with Crippen LogP contribution in [0.3, 0.4) is 0 Å². The van der Waals surface area contributed by atoms with E-state index in [0.717, 1.165) is 18.7 Å². The van der Waals surface area contributed by atoms with E-state index in [1.165, 1.54) is 14.4 Å². The van der Waals surface area contributed by atoms with Crippen LogP contribution in [0, 0.1) is 11.6 Å². The molecule has 1 aromatic heterocycles. The van der Waals surface area contributed by atoms with Gasteiger partial charge in [0, 0.05) is 38.4 Å². The number of fused-ring (bicyclic) bond motifs is 1. The lowest BCUT2D eigenvalue weighted by atomic mass is 9.92. The van der Waals surface area contributed by atoms with Gasteiger partial charge in [0.15, 0.2) is 5.82 Å². The Balaban J connectivity index is 1.76. The molecule has 2 fully saturated rings. The summed E-state index contributed by atoms with van der Waals surface area (Å²) >= 11 is 0. The second-order valence-electron chi connectivity index (χ2n) is 8.23. The number of halogens is 2. The van der Waals surface area contributed by atoms with Crippen LogP contribution < -0.4 is 10.3 Å². The lowest BCUT2D eigenvalue weighted by molar-refractivity contribution is -0.136. The van der Waals surface area contributed by atoms with Gasteiger partial charge in [0.05, 0.1) is 17.0 Å². The van der Waals surface area contributed by atoms with Gasteiger partial charge in [0.25, 0.3) is 0 Å². The Kier molecular flexibility index (Phi) is 5.98. The first-order valence-corrected chi connectivity index (χ1v) is 10.6. The molecule has 1 saturated heterocycles. The number of pyridine rings is 1. The molecular formula is C22H21F2N3O7. The number of nitrogens with zero attached hydrogens (tertiary/aromatic N) is 3. The average Bonchev–Trinajstić information content (AvgIpc) is 2.72. The van der Waals surface area contributed by atoms with Crippen LogP contribution in [-0.2, 0) is 9.59 Å². The molecule has 0 spiro atoms. The SMILES string of the molecule is O=C(O)/C=C(/C(=O)O)N1CCN(c2c(F)cc3c(=O)c(C(=O)O)cn(C4CCC4)c3c2F)CC1. The van der Waals surface area contributed by atoms with Crippen molar-refractivity contribution in [1.82, 2.24) is 9.47 Å². The monoisotopic (exact) mass is 477 g/mol. The maximum Gasteiger partial charge on any atom is 0.352 e. The fourth-order valence-electron chi connectivity index (χ4n) is 4.40. The molecule has 0 bridgehead atoms. The maximum atomic E-state index is 15.8. The summed E-state index contributed by atoms with van der Waals surface area (Å²) in [6.45, 7) is -0.0274. The molecule has 4 rings (SSSR count). The predicted octanol–water partition coefficient (Wildman–Crippen LogP) is 1.88. The van der Waals surface area contributed by atoms with Gasteiger partial charge in [0.2, 0.25) is 5.43 Å². The van der Waals surface area contributed by atoms with Crippen molar-refractivity contribution in [2.45, 2.75) is 25.3 Å². The highest BCUT2D eigenvalue weighted by Crippen LogP contribution is 2.37. The van der Waals surface area contributed by atoms with Gasteiger partial charge in [-0.15, -0.1) is 0 Å². The molecule has 0 amide bonds. The Morgan fingerprint density at radius 1 is 1.03 bits per heavy atom. The standard InChI is InChI=1S/C22H21F2N3O7/c23-14-8-12-18(27(11-2-1-3-11)10-13(20(12)30)21(31)32)17(24)19(14)26-6-4-25(5-7-26)15(22(33)34)9-16(28)29/h8-11H,1-7H2,(H,28,29)(H,31,32)(H,33,34)/b15-9-. The largest absolute Gasteiger partial charge is 0.478 e. The Hall–Kier alpha value is -3.96. The zero-order valence-electron chi connectivity index (χ0n) is 17.8. The molecule has 2 heterocycles. The molecule has 0 unspecified atom stereocenters. The van der Waals surface area contributed by atoms with E-state index in [1.54, 1.807) is 0 Å². The van der Waals surface area contributed by atoms with Crippen molar-refractivity contribution >= 4 is 34.5 Å². The normalized spacial score (nSPS) is 17.1. The number of benzene rings is 1. The summed E-state index contributed by atoms with van der Waals surface area (Å²) in [5.41, 5.74) is -2.55. The fraction of sp³-hybridized carbons (Fsp3) is 0.364. The molecule has 180 valence electrons. The van der Waals surface area contributed by atoms with Crippen LogP contribution >= 0.6 is 0 Å². The highest BCUT2D eigenvalue weighted by Gasteiger charge is 2.31. The molecule has 2 aliphatic rings. The molecule has 2 aromatic rings. The third kappa shape index (κ3) is 3.95. The highest BCUT2D eigenvalue weighted by atomic mass is 19.1. The Bertz CT molecular complexity index is 1290. The zero-order valence-corrected chi connectivity index (χ0v) is 17.8. The molecule has 0 atom stereocenters. The Morgan fingerprint density at radius 2 is 1.68 bits per heavy atom. The smallest absolute Gasteiger partial charge is 0.352 e. The van der Waals surface area contributed by atoms with E-state index in [2.05, 4.69) is 0 Å². The zero-order chi connectivity index (χ0) is 24.7. The summed E-state index contributed by atoms with van der Waals surface area (Å²) in [6.07, 6.45) is 3.85. The first kappa shape index (κ1) is 23.2. The van der Waals surface area contributed by atoms with Gasteiger partial charge in [0.1, 0.15) is 22.8 Å². The van der Waals surface area contributed by atoms with Crippen molar-refractivity contribution in [2.75, 3.05) is 31.1 Å². The first-order valence-electron chi connectivity index (χ1n) is 10.6. The third-order valence-corrected chi connectivity index (χ3v) is 6.30. The van der Waals surface area contributed by atoms with E-state index < -0.39 is 51.9 Å². The van der Waals surface area contributed by atoms with E-state index in [1.807, 2.05) is 0 Å². The van der Waals surface area contributed by atoms with Crippen molar-refractivity contribution in [3.63, 3.8) is 0 Å². The first-order chi connectivity index (χ1) is 16.1. The van der Waals surface area contributed by atoms with Crippen LogP contribution in [0.2, 0.25) is 0 Å². The second kappa shape index (κ2) is 8.76. The molecule has 34 heavy (non-hydrogen) atoms. The summed E-state index contributed by atoms with van der Waals surface area (Å²) in [5, 5.41) is 27.2. The minimum Gasteiger partial charge on any atom is -0.478 e. The molecule has 10 nitrogen and oxygen atoms in total. The number of carbonyl (C=O) groups is 3. The summed E-state index contributed by atoms with van der Waals surface area (Å²) in [6, 6.07) is 0.627. The molecule has 1 saturated carbocycles. The maximum absolute atomic E-state index is 15.8. The van der Waals surface area contributed by atoms with Crippen LogP contribution in [-0.4, -0.2) is 68.9 Å². The lowest BCUT2D eigenvalue weighted by Crippen LogP contribution is -2.47. The summed E-state index contributed by atoms with van der Waals surface area (Å²) < 4.78 is 32.3. The van der Waals surface area contributed by atoms with Gasteiger partial charge in [-0.25, -0.2) is 23.2 Å². The van der Waals surface area contributed by atoms with Gasteiger partial charge in [-0.3, -0.25) is 4.79 Å². The highest BCUT2D eigenvalue weighted by molar-refractivity contribution is 5.95. The summed E-state index contributed by atoms with van der Waals surface area (Å²) in [7, 11) is 0. The van der Waals surface area contributed by atoms with E-state index >= 15 is 8.78 Å². The number of anilines is 1. The van der Waals surface area contributed by atoms with Crippen molar-refractivity contribution in [3.8, 4) is 0 Å². The van der Waals surface area contributed by atoms with Crippen LogP contribution in [0.4, 0.5) is 14.5 Å². The molecule has 0 radical (unpaired) electrons. The molecular weight excluding hydrogens is 456 g/mol. The predicted molar refractivity (Wildman–Crippen MR) is 115 cm³/mol. The van der Waals surface area contributed by atoms with E-state index in [4.69, 9.17) is 5.11 Å². The van der Waals surface area contributed by atoms with Gasteiger partial charge < -0.3 is 29.7 Å². The molecule has 3 N–H and O–H groups in total. The minimum absolute atomic E-state index is 0.00425. The van der Waals surface area contributed by atoms with Gasteiger partial charge >= 0.3 is 17.9 Å². The Morgan fingerprint density at radius 3 is 2.18 bits per heavy atom. The van der Waals surface area contributed by atoms with Crippen LogP contribution in [0.15, 0.2) is 28.8 Å². The van der Waals surface area contributed by atoms with Crippen molar-refractivity contribution in [2.24, 2.45) is 0 Å². The van der Waals surface area contributed by atoms with Crippen molar-refractivity contribution < 1.29 is 38.5 Å². The number of rotatable bonds is 6. The van der Waals surface area contributed by atoms with Crippen molar-refractivity contribution in [3.05, 3.63) is 51.5 Å². The topological polar surface area (TPSA) is 140 Å². The van der Waals surface area contributed by atoms with Gasteiger partial charge in [-0.2, -0.15) is 0 Å². The molecule has 1 aromatic carbocycles. The summed E-state index contributed by atoms with van der Waals surface area (Å²) in [5.74, 6) is -6.38. The number of carboxylic acid groups (broad SMARTS) is 3. The number of aromatic carboxylic acids is 1. The summed E-state index contributed by atoms with van der Waals surface area (Å²) in [4.78, 5) is 49.2. The number of piperazine rings is 1. The van der Waals surface area contributed by atoms with Crippen LogP contribution in [0.5, 0.6) is 0 Å². The number of hydrogen-bond donors (Lipinski definition) is 3. The molecule has 1 aliphatic carbocycles. The van der Waals surface area contributed by atoms with E-state index in [9.17, 15) is 29.4 Å². The third-order valence-electron chi connectivity index (χ3n) is 6.30. The van der Waals surface area contributed by atoms with Gasteiger partial charge in [-0.1, -0.05) is 0 Å². The van der Waals surface area contributed by atoms with Crippen LogP contribution in [0.1, 0.15) is 35.7 Å².